The van der Waals surface area contributed by atoms with Crippen LogP contribution in [0.3, 0.4) is 0 Å². The molecule has 0 fully saturated rings. The zero-order valence-corrected chi connectivity index (χ0v) is 17.6. The van der Waals surface area contributed by atoms with Crippen LogP contribution in [0.1, 0.15) is 13.8 Å². The summed E-state index contributed by atoms with van der Waals surface area (Å²) in [5, 5.41) is 0.119. The molecule has 1 heterocycles. The molecule has 0 saturated heterocycles. The van der Waals surface area contributed by atoms with Gasteiger partial charge in [-0.05, 0) is 60.1 Å². The number of halogens is 3. The lowest BCUT2D eigenvalue weighted by Crippen LogP contribution is -2.30. The molecule has 0 aliphatic rings. The lowest BCUT2D eigenvalue weighted by Gasteiger charge is -2.11. The number of sulfonamides is 1. The van der Waals surface area contributed by atoms with E-state index in [1.807, 2.05) is 0 Å². The molecule has 0 saturated carbocycles. The summed E-state index contributed by atoms with van der Waals surface area (Å²) in [6.07, 6.45) is 1.56. The first-order valence-corrected chi connectivity index (χ1v) is 10.7. The van der Waals surface area contributed by atoms with Gasteiger partial charge in [0, 0.05) is 17.2 Å². The van der Waals surface area contributed by atoms with E-state index in [2.05, 4.69) is 30.6 Å². The maximum absolute atomic E-state index is 13.8. The fraction of sp³-hybridized carbons (Fsp3) is 0.167. The number of aromatic nitrogens is 2. The van der Waals surface area contributed by atoms with Gasteiger partial charge in [-0.15, -0.1) is 0 Å². The number of nitrogens with one attached hydrogen (secondary N) is 2. The third-order valence-electron chi connectivity index (χ3n) is 3.69. The molecule has 0 aliphatic heterocycles. The molecular weight excluding hydrogens is 457 g/mol. The molecule has 3 aromatic rings. The number of nitrogens with zero attached hydrogens (tertiary/aromatic N) is 1. The number of rotatable bonds is 5. The molecule has 0 aliphatic carbocycles. The number of benzene rings is 2. The van der Waals surface area contributed by atoms with E-state index < -0.39 is 10.0 Å². The molecular formula is C18H16BrClFN3O2S. The van der Waals surface area contributed by atoms with Gasteiger partial charge in [-0.25, -0.2) is 22.5 Å². The molecule has 3 rings (SSSR count). The molecule has 142 valence electrons. The Morgan fingerprint density at radius 1 is 1.19 bits per heavy atom. The predicted molar refractivity (Wildman–Crippen MR) is 108 cm³/mol. The van der Waals surface area contributed by atoms with Gasteiger partial charge in [0.2, 0.25) is 10.0 Å². The number of hydrogen-bond donors (Lipinski definition) is 2. The number of hydrogen-bond acceptors (Lipinski definition) is 3. The van der Waals surface area contributed by atoms with Crippen LogP contribution >= 0.6 is 27.5 Å². The largest absolute Gasteiger partial charge is 0.338 e. The van der Waals surface area contributed by atoms with Crippen molar-refractivity contribution in [2.24, 2.45) is 0 Å². The molecule has 27 heavy (non-hydrogen) atoms. The van der Waals surface area contributed by atoms with Gasteiger partial charge in [0.1, 0.15) is 16.5 Å². The monoisotopic (exact) mass is 471 g/mol. The van der Waals surface area contributed by atoms with Crippen LogP contribution in [0.15, 0.2) is 52.0 Å². The van der Waals surface area contributed by atoms with E-state index in [-0.39, 0.29) is 21.8 Å². The van der Waals surface area contributed by atoms with Gasteiger partial charge >= 0.3 is 0 Å². The van der Waals surface area contributed by atoms with Gasteiger partial charge in [-0.3, -0.25) is 0 Å². The highest BCUT2D eigenvalue weighted by Crippen LogP contribution is 2.29. The first-order valence-electron chi connectivity index (χ1n) is 8.00. The summed E-state index contributed by atoms with van der Waals surface area (Å²) in [6.45, 7) is 3.46. The maximum atomic E-state index is 13.8. The van der Waals surface area contributed by atoms with Crippen molar-refractivity contribution in [1.82, 2.24) is 14.7 Å². The lowest BCUT2D eigenvalue weighted by molar-refractivity contribution is 0.570. The Labute approximate surface area is 170 Å². The normalized spacial score (nSPS) is 11.9. The summed E-state index contributed by atoms with van der Waals surface area (Å²) in [4.78, 5) is 7.34. The van der Waals surface area contributed by atoms with Crippen LogP contribution in [0.25, 0.3) is 22.6 Å². The van der Waals surface area contributed by atoms with Gasteiger partial charge in [0.25, 0.3) is 0 Å². The van der Waals surface area contributed by atoms with Crippen LogP contribution in [0.2, 0.25) is 5.02 Å². The Balaban J connectivity index is 2.00. The molecule has 0 bridgehead atoms. The second kappa shape index (κ2) is 7.71. The Kier molecular flexibility index (Phi) is 5.71. The number of aromatic amines is 1. The first-order chi connectivity index (χ1) is 12.7. The van der Waals surface area contributed by atoms with E-state index in [4.69, 9.17) is 11.6 Å². The molecule has 0 amide bonds. The molecule has 0 spiro atoms. The molecule has 0 radical (unpaired) electrons. The molecule has 9 heteroatoms. The quantitative estimate of drug-likeness (QED) is 0.549. The fourth-order valence-electron chi connectivity index (χ4n) is 2.51. The van der Waals surface area contributed by atoms with Crippen molar-refractivity contribution in [2.45, 2.75) is 24.8 Å². The van der Waals surface area contributed by atoms with Crippen LogP contribution in [0.5, 0.6) is 0 Å². The van der Waals surface area contributed by atoms with Gasteiger partial charge in [-0.2, -0.15) is 0 Å². The molecule has 0 unspecified atom stereocenters. The Bertz CT molecular complexity index is 1100. The maximum Gasteiger partial charge on any atom is 0.242 e. The van der Waals surface area contributed by atoms with E-state index in [0.717, 1.165) is 0 Å². The molecule has 1 aromatic heterocycles. The SMILES string of the molecule is CC(C)NS(=O)(=O)c1cc(-c2ncc(-c3ccc(Br)c(F)c3)[nH]2)ccc1Cl. The molecule has 2 aromatic carbocycles. The number of H-pyrrole nitrogens is 1. The fourth-order valence-corrected chi connectivity index (χ4v) is 4.53. The summed E-state index contributed by atoms with van der Waals surface area (Å²) in [5.74, 6) is 0.0641. The third kappa shape index (κ3) is 4.40. The molecule has 2 N–H and O–H groups in total. The average molecular weight is 473 g/mol. The van der Waals surface area contributed by atoms with Gasteiger partial charge in [0.05, 0.1) is 21.4 Å². The van der Waals surface area contributed by atoms with E-state index >= 15 is 0 Å². The highest BCUT2D eigenvalue weighted by atomic mass is 79.9. The molecule has 0 atom stereocenters. The van der Waals surface area contributed by atoms with Crippen LogP contribution in [-0.4, -0.2) is 24.4 Å². The summed E-state index contributed by atoms with van der Waals surface area (Å²) >= 11 is 9.21. The Morgan fingerprint density at radius 2 is 1.89 bits per heavy atom. The minimum Gasteiger partial charge on any atom is -0.338 e. The third-order valence-corrected chi connectivity index (χ3v) is 6.47. The van der Waals surface area contributed by atoms with Crippen molar-refractivity contribution in [2.75, 3.05) is 0 Å². The summed E-state index contributed by atoms with van der Waals surface area (Å²) in [5.41, 5.74) is 1.78. The number of imidazole rings is 1. The van der Waals surface area contributed by atoms with Crippen molar-refractivity contribution in [3.8, 4) is 22.6 Å². The summed E-state index contributed by atoms with van der Waals surface area (Å²) < 4.78 is 41.6. The standard InChI is InChI=1S/C18H16BrClFN3O2S/c1-10(2)24-27(25,26)17-8-12(4-6-14(17)20)18-22-9-16(23-18)11-3-5-13(19)15(21)7-11/h3-10,24H,1-2H3,(H,22,23). The predicted octanol–water partition coefficient (Wildman–Crippen LogP) is 4.99. The smallest absolute Gasteiger partial charge is 0.242 e. The lowest BCUT2D eigenvalue weighted by atomic mass is 10.2. The van der Waals surface area contributed by atoms with Crippen LogP contribution in [0, 0.1) is 5.82 Å². The van der Waals surface area contributed by atoms with E-state index in [9.17, 15) is 12.8 Å². The Morgan fingerprint density at radius 3 is 2.56 bits per heavy atom. The van der Waals surface area contributed by atoms with Crippen LogP contribution in [0.4, 0.5) is 4.39 Å². The van der Waals surface area contributed by atoms with Crippen molar-refractivity contribution in [3.63, 3.8) is 0 Å². The summed E-state index contributed by atoms with van der Waals surface area (Å²) in [6, 6.07) is 9.10. The van der Waals surface area contributed by atoms with E-state index in [1.54, 1.807) is 38.2 Å². The highest BCUT2D eigenvalue weighted by Gasteiger charge is 2.20. The molecule has 5 nitrogen and oxygen atoms in total. The summed E-state index contributed by atoms with van der Waals surface area (Å²) in [7, 11) is -3.75. The van der Waals surface area contributed by atoms with Crippen LogP contribution in [-0.2, 0) is 10.0 Å². The van der Waals surface area contributed by atoms with Crippen molar-refractivity contribution in [1.29, 1.82) is 0 Å². The van der Waals surface area contributed by atoms with E-state index in [0.29, 0.717) is 27.1 Å². The van der Waals surface area contributed by atoms with Crippen LogP contribution < -0.4 is 4.72 Å². The van der Waals surface area contributed by atoms with Crippen molar-refractivity contribution < 1.29 is 12.8 Å². The van der Waals surface area contributed by atoms with Crippen molar-refractivity contribution in [3.05, 3.63) is 57.9 Å². The minimum absolute atomic E-state index is 0.0250. The second-order valence-electron chi connectivity index (χ2n) is 6.20. The highest BCUT2D eigenvalue weighted by molar-refractivity contribution is 9.10. The second-order valence-corrected chi connectivity index (χ2v) is 9.14. The van der Waals surface area contributed by atoms with Gasteiger partial charge < -0.3 is 4.98 Å². The Hall–Kier alpha value is -1.74. The minimum atomic E-state index is -3.75. The van der Waals surface area contributed by atoms with Crippen molar-refractivity contribution >= 4 is 37.6 Å². The van der Waals surface area contributed by atoms with Gasteiger partial charge in [-0.1, -0.05) is 17.7 Å². The first kappa shape index (κ1) is 20.0. The zero-order valence-electron chi connectivity index (χ0n) is 14.4. The van der Waals surface area contributed by atoms with E-state index in [1.165, 1.54) is 18.2 Å². The average Bonchev–Trinajstić information content (AvgIpc) is 3.06. The zero-order chi connectivity index (χ0) is 19.8. The van der Waals surface area contributed by atoms with Gasteiger partial charge in [0.15, 0.2) is 0 Å². The topological polar surface area (TPSA) is 74.8 Å².